The Morgan fingerprint density at radius 2 is 2.04 bits per heavy atom. The number of aromatic nitrogens is 2. The number of nitrogens with two attached hydrogens (primary N) is 2. The second-order valence-corrected chi connectivity index (χ2v) is 7.62. The van der Waals surface area contributed by atoms with Crippen LogP contribution in [0.2, 0.25) is 0 Å². The summed E-state index contributed by atoms with van der Waals surface area (Å²) in [6.07, 6.45) is 5.98. The average Bonchev–Trinajstić information content (AvgIpc) is 2.65. The van der Waals surface area contributed by atoms with E-state index in [2.05, 4.69) is 38.0 Å². The van der Waals surface area contributed by atoms with Crippen LogP contribution in [0.15, 0.2) is 24.4 Å². The molecule has 1 fully saturated rings. The molecule has 0 amide bonds. The van der Waals surface area contributed by atoms with Gasteiger partial charge in [0.05, 0.1) is 20.3 Å². The van der Waals surface area contributed by atoms with Crippen LogP contribution in [-0.4, -0.2) is 35.9 Å². The van der Waals surface area contributed by atoms with Crippen molar-refractivity contribution in [3.63, 3.8) is 0 Å². The summed E-state index contributed by atoms with van der Waals surface area (Å²) < 4.78 is 18.5. The molecule has 2 aliphatic heterocycles. The van der Waals surface area contributed by atoms with Gasteiger partial charge >= 0.3 is 0 Å². The fourth-order valence-electron chi connectivity index (χ4n) is 3.49. The highest BCUT2D eigenvalue weighted by Gasteiger charge is 2.38. The van der Waals surface area contributed by atoms with Crippen LogP contribution in [0.25, 0.3) is 4.48 Å². The summed E-state index contributed by atoms with van der Waals surface area (Å²) in [5.74, 6) is 1.98. The molecule has 0 atom stereocenters. The van der Waals surface area contributed by atoms with Gasteiger partial charge in [0.2, 0.25) is 5.95 Å². The van der Waals surface area contributed by atoms with E-state index in [-0.39, 0.29) is 11.5 Å². The Labute approximate surface area is 165 Å². The molecular weight excluding hydrogens is 412 g/mol. The molecule has 0 unspecified atom stereocenters. The quantitative estimate of drug-likeness (QED) is 0.767. The fraction of sp³-hybridized carbons (Fsp3) is 0.368. The molecule has 1 saturated heterocycles. The van der Waals surface area contributed by atoms with Gasteiger partial charge in [-0.05, 0) is 23.8 Å². The van der Waals surface area contributed by atoms with Gasteiger partial charge in [-0.15, -0.1) is 0 Å². The molecule has 8 heteroatoms. The molecule has 1 aromatic heterocycles. The number of rotatable bonds is 3. The van der Waals surface area contributed by atoms with E-state index in [0.29, 0.717) is 31.2 Å². The van der Waals surface area contributed by atoms with E-state index in [1.807, 2.05) is 6.07 Å². The minimum absolute atomic E-state index is 0.167. The van der Waals surface area contributed by atoms with Gasteiger partial charge in [0.1, 0.15) is 11.4 Å². The predicted octanol–water partition coefficient (Wildman–Crippen LogP) is 2.92. The zero-order valence-electron chi connectivity index (χ0n) is 15.0. The molecule has 7 nitrogen and oxygen atoms in total. The van der Waals surface area contributed by atoms with Crippen LogP contribution in [0.3, 0.4) is 0 Å². The molecule has 4 rings (SSSR count). The summed E-state index contributed by atoms with van der Waals surface area (Å²) in [6, 6.07) is 4.04. The summed E-state index contributed by atoms with van der Waals surface area (Å²) in [6.45, 7) is 1.37. The third-order valence-electron chi connectivity index (χ3n) is 4.94. The Bertz CT molecular complexity index is 910. The molecule has 142 valence electrons. The van der Waals surface area contributed by atoms with Crippen molar-refractivity contribution in [3.05, 3.63) is 41.1 Å². The number of halogens is 1. The number of methoxy groups -OCH3 is 1. The number of nitrogens with zero attached hydrogens (tertiary/aromatic N) is 2. The molecule has 4 N–H and O–H groups in total. The van der Waals surface area contributed by atoms with Gasteiger partial charge in [-0.25, -0.2) is 4.98 Å². The van der Waals surface area contributed by atoms with E-state index in [1.54, 1.807) is 13.3 Å². The third-order valence-corrected chi connectivity index (χ3v) is 5.59. The number of ether oxygens (including phenoxy) is 3. The molecule has 2 aromatic rings. The van der Waals surface area contributed by atoms with E-state index in [1.165, 1.54) is 0 Å². The number of benzene rings is 1. The lowest BCUT2D eigenvalue weighted by atomic mass is 9.89. The van der Waals surface area contributed by atoms with Gasteiger partial charge in [-0.2, -0.15) is 4.98 Å². The van der Waals surface area contributed by atoms with Crippen molar-refractivity contribution in [1.29, 1.82) is 0 Å². The van der Waals surface area contributed by atoms with Crippen molar-refractivity contribution in [2.75, 3.05) is 31.8 Å². The van der Waals surface area contributed by atoms with Gasteiger partial charge in [0.25, 0.3) is 0 Å². The Morgan fingerprint density at radius 3 is 2.74 bits per heavy atom. The van der Waals surface area contributed by atoms with Gasteiger partial charge in [0, 0.05) is 41.1 Å². The maximum Gasteiger partial charge on any atom is 0.221 e. The number of hydrogen-bond donors (Lipinski definition) is 2. The van der Waals surface area contributed by atoms with Crippen LogP contribution >= 0.6 is 15.9 Å². The number of fused-ring (bicyclic) bond motifs is 1. The summed E-state index contributed by atoms with van der Waals surface area (Å²) in [5.41, 5.74) is 14.0. The smallest absolute Gasteiger partial charge is 0.221 e. The SMILES string of the molecule is COc1cc(Cc2cnc(N)nc2N)cc2c1OC1(C=C2Br)CCOCC1. The molecule has 3 heterocycles. The molecule has 2 aliphatic rings. The Hall–Kier alpha value is -2.32. The number of nitrogen functional groups attached to an aromatic ring is 2. The second-order valence-electron chi connectivity index (χ2n) is 6.76. The van der Waals surface area contributed by atoms with Crippen molar-refractivity contribution in [2.24, 2.45) is 0 Å². The summed E-state index contributed by atoms with van der Waals surface area (Å²) in [4.78, 5) is 8.06. The lowest BCUT2D eigenvalue weighted by Gasteiger charge is -2.39. The fourth-order valence-corrected chi connectivity index (χ4v) is 4.20. The molecule has 0 saturated carbocycles. The minimum atomic E-state index is -0.353. The molecule has 1 aromatic carbocycles. The first-order valence-corrected chi connectivity index (χ1v) is 9.52. The van der Waals surface area contributed by atoms with Gasteiger partial charge in [-0.3, -0.25) is 0 Å². The Balaban J connectivity index is 1.72. The Morgan fingerprint density at radius 1 is 1.26 bits per heavy atom. The number of hydrogen-bond acceptors (Lipinski definition) is 7. The predicted molar refractivity (Wildman–Crippen MR) is 107 cm³/mol. The molecule has 27 heavy (non-hydrogen) atoms. The first kappa shape index (κ1) is 18.1. The average molecular weight is 433 g/mol. The zero-order valence-corrected chi connectivity index (χ0v) is 16.6. The van der Waals surface area contributed by atoms with E-state index in [4.69, 9.17) is 25.7 Å². The van der Waals surface area contributed by atoms with E-state index >= 15 is 0 Å². The molecule has 0 bridgehead atoms. The van der Waals surface area contributed by atoms with Crippen LogP contribution in [0, 0.1) is 0 Å². The van der Waals surface area contributed by atoms with E-state index in [9.17, 15) is 0 Å². The van der Waals surface area contributed by atoms with Crippen molar-refractivity contribution < 1.29 is 14.2 Å². The van der Waals surface area contributed by atoms with Crippen molar-refractivity contribution in [2.45, 2.75) is 24.9 Å². The van der Waals surface area contributed by atoms with Crippen LogP contribution in [0.4, 0.5) is 11.8 Å². The molecule has 1 spiro atoms. The largest absolute Gasteiger partial charge is 0.493 e. The highest BCUT2D eigenvalue weighted by Crippen LogP contribution is 2.48. The Kier molecular flexibility index (Phi) is 4.69. The summed E-state index contributed by atoms with van der Waals surface area (Å²) in [7, 11) is 1.65. The van der Waals surface area contributed by atoms with Crippen molar-refractivity contribution in [1.82, 2.24) is 9.97 Å². The topological polar surface area (TPSA) is 106 Å². The zero-order chi connectivity index (χ0) is 19.0. The van der Waals surface area contributed by atoms with E-state index in [0.717, 1.165) is 39.8 Å². The van der Waals surface area contributed by atoms with Crippen LogP contribution < -0.4 is 20.9 Å². The molecular formula is C19H21BrN4O3. The monoisotopic (exact) mass is 432 g/mol. The maximum absolute atomic E-state index is 6.42. The van der Waals surface area contributed by atoms with Crippen LogP contribution in [0.5, 0.6) is 11.5 Å². The molecule has 0 radical (unpaired) electrons. The molecule has 0 aliphatic carbocycles. The van der Waals surface area contributed by atoms with Crippen LogP contribution in [-0.2, 0) is 11.2 Å². The third kappa shape index (κ3) is 3.46. The van der Waals surface area contributed by atoms with Gasteiger partial charge < -0.3 is 25.7 Å². The lowest BCUT2D eigenvalue weighted by molar-refractivity contribution is -0.0190. The highest BCUT2D eigenvalue weighted by molar-refractivity contribution is 9.15. The van der Waals surface area contributed by atoms with Gasteiger partial charge in [-0.1, -0.05) is 15.9 Å². The highest BCUT2D eigenvalue weighted by atomic mass is 79.9. The normalized spacial score (nSPS) is 17.8. The second kappa shape index (κ2) is 7.01. The lowest BCUT2D eigenvalue weighted by Crippen LogP contribution is -2.41. The van der Waals surface area contributed by atoms with Crippen molar-refractivity contribution >= 4 is 32.2 Å². The van der Waals surface area contributed by atoms with Crippen LogP contribution in [0.1, 0.15) is 29.5 Å². The summed E-state index contributed by atoms with van der Waals surface area (Å²) >= 11 is 3.72. The standard InChI is InChI=1S/C19H21BrN4O3/c1-25-15-8-11(6-12-10-23-18(22)24-17(12)21)7-13-14(20)9-19(27-16(13)15)2-4-26-5-3-19/h7-10H,2-6H2,1H3,(H4,21,22,23,24). The number of anilines is 2. The first-order chi connectivity index (χ1) is 13.0. The summed E-state index contributed by atoms with van der Waals surface area (Å²) in [5, 5.41) is 0. The van der Waals surface area contributed by atoms with Gasteiger partial charge in [0.15, 0.2) is 11.5 Å². The van der Waals surface area contributed by atoms with Crippen molar-refractivity contribution in [3.8, 4) is 11.5 Å². The minimum Gasteiger partial charge on any atom is -0.493 e. The maximum atomic E-state index is 6.42. The first-order valence-electron chi connectivity index (χ1n) is 8.73. The van der Waals surface area contributed by atoms with E-state index < -0.39 is 0 Å².